The van der Waals surface area contributed by atoms with Crippen LogP contribution in [0.2, 0.25) is 5.02 Å². The lowest BCUT2D eigenvalue weighted by molar-refractivity contribution is 0.417. The number of hydrogen-bond donors (Lipinski definition) is 2. The van der Waals surface area contributed by atoms with Gasteiger partial charge in [-0.1, -0.05) is 29.8 Å². The zero-order valence-electron chi connectivity index (χ0n) is 14.2. The molecule has 0 amide bonds. The van der Waals surface area contributed by atoms with Gasteiger partial charge in [-0.05, 0) is 42.5 Å². The average molecular weight is 401 g/mol. The molecule has 2 N–H and O–H groups in total. The summed E-state index contributed by atoms with van der Waals surface area (Å²) in [6, 6.07) is 15.8. The van der Waals surface area contributed by atoms with E-state index in [1.165, 1.54) is 12.1 Å². The van der Waals surface area contributed by atoms with Gasteiger partial charge in [-0.2, -0.15) is 0 Å². The second-order valence-corrected chi connectivity index (χ2v) is 6.67. The topological polar surface area (TPSA) is 46.4 Å². The number of ether oxygens (including phenoxy) is 1. The Morgan fingerprint density at radius 1 is 1.04 bits per heavy atom. The van der Waals surface area contributed by atoms with Crippen LogP contribution < -0.4 is 15.4 Å². The molecule has 27 heavy (non-hydrogen) atoms. The molecule has 0 saturated heterocycles. The highest BCUT2D eigenvalue weighted by atomic mass is 35.5. The number of halogens is 2. The number of methoxy groups -OCH3 is 1. The summed E-state index contributed by atoms with van der Waals surface area (Å²) in [5, 5.41) is 8.34. The van der Waals surface area contributed by atoms with E-state index < -0.39 is 5.82 Å². The van der Waals surface area contributed by atoms with Gasteiger partial charge in [0.25, 0.3) is 0 Å². The van der Waals surface area contributed by atoms with E-state index >= 15 is 0 Å². The predicted octanol–water partition coefficient (Wildman–Crippen LogP) is 6.20. The zero-order chi connectivity index (χ0) is 19.0. The first-order valence-corrected chi connectivity index (χ1v) is 8.86. The zero-order valence-corrected chi connectivity index (χ0v) is 15.7. The van der Waals surface area contributed by atoms with Crippen LogP contribution in [-0.2, 0) is 0 Å². The monoisotopic (exact) mass is 400 g/mol. The van der Waals surface area contributed by atoms with Gasteiger partial charge < -0.3 is 19.8 Å². The first kappa shape index (κ1) is 17.6. The minimum atomic E-state index is -0.488. The highest BCUT2D eigenvalue weighted by Gasteiger charge is 2.13. The van der Waals surface area contributed by atoms with Gasteiger partial charge in [-0.15, -0.1) is 0 Å². The molecule has 0 atom stereocenters. The summed E-state index contributed by atoms with van der Waals surface area (Å²) >= 11 is 11.1. The number of benzene rings is 3. The molecule has 0 radical (unpaired) electrons. The minimum absolute atomic E-state index is 0.0177. The maximum Gasteiger partial charge on any atom is 0.175 e. The molecule has 0 aliphatic heterocycles. The number of para-hydroxylation sites is 1. The van der Waals surface area contributed by atoms with E-state index in [-0.39, 0.29) is 5.02 Å². The van der Waals surface area contributed by atoms with Crippen LogP contribution in [0.1, 0.15) is 0 Å². The molecule has 4 aromatic rings. The molecule has 0 spiro atoms. The van der Waals surface area contributed by atoms with Crippen molar-refractivity contribution >= 4 is 62.2 Å². The number of rotatable bonds is 3. The van der Waals surface area contributed by atoms with Crippen molar-refractivity contribution in [2.75, 3.05) is 17.7 Å². The van der Waals surface area contributed by atoms with Crippen molar-refractivity contribution in [1.29, 1.82) is 0 Å². The van der Waals surface area contributed by atoms with Crippen molar-refractivity contribution in [2.24, 2.45) is 0 Å². The lowest BCUT2D eigenvalue weighted by Crippen LogP contribution is -2.19. The van der Waals surface area contributed by atoms with Gasteiger partial charge >= 0.3 is 0 Å². The second-order valence-electron chi connectivity index (χ2n) is 5.85. The normalized spacial score (nSPS) is 10.9. The Labute approximate surface area is 164 Å². The van der Waals surface area contributed by atoms with Gasteiger partial charge in [-0.3, -0.25) is 0 Å². The molecule has 136 valence electrons. The van der Waals surface area contributed by atoms with E-state index in [0.29, 0.717) is 27.8 Å². The van der Waals surface area contributed by atoms with Crippen molar-refractivity contribution in [3.8, 4) is 5.75 Å². The quantitative estimate of drug-likeness (QED) is 0.401. The Hall–Kier alpha value is -2.83. The smallest absolute Gasteiger partial charge is 0.175 e. The van der Waals surface area contributed by atoms with E-state index in [2.05, 4.69) is 10.6 Å². The largest absolute Gasteiger partial charge is 0.495 e. The summed E-state index contributed by atoms with van der Waals surface area (Å²) < 4.78 is 24.7. The van der Waals surface area contributed by atoms with Crippen molar-refractivity contribution in [3.63, 3.8) is 0 Å². The van der Waals surface area contributed by atoms with Crippen LogP contribution in [0.3, 0.4) is 0 Å². The molecule has 0 aliphatic rings. The maximum atomic E-state index is 13.3. The van der Waals surface area contributed by atoms with E-state index in [4.69, 9.17) is 33.0 Å². The summed E-state index contributed by atoms with van der Waals surface area (Å²) in [7, 11) is 1.59. The Bertz CT molecular complexity index is 1180. The molecule has 4 nitrogen and oxygen atoms in total. The number of hydrogen-bond acceptors (Lipinski definition) is 3. The number of furan rings is 1. The Balaban J connectivity index is 1.64. The Morgan fingerprint density at radius 3 is 2.63 bits per heavy atom. The molecule has 3 aromatic carbocycles. The molecule has 0 fully saturated rings. The Morgan fingerprint density at radius 2 is 1.85 bits per heavy atom. The Kier molecular flexibility index (Phi) is 4.59. The third-order valence-electron chi connectivity index (χ3n) is 4.12. The first-order chi connectivity index (χ1) is 13.0. The molecule has 0 bridgehead atoms. The van der Waals surface area contributed by atoms with Gasteiger partial charge in [0.2, 0.25) is 0 Å². The van der Waals surface area contributed by atoms with Gasteiger partial charge in [0.15, 0.2) is 5.11 Å². The second kappa shape index (κ2) is 7.06. The molecule has 1 heterocycles. The van der Waals surface area contributed by atoms with Crippen molar-refractivity contribution in [3.05, 3.63) is 65.4 Å². The fraction of sp³-hybridized carbons (Fsp3) is 0.0500. The molecule has 0 aliphatic carbocycles. The van der Waals surface area contributed by atoms with Crippen molar-refractivity contribution < 1.29 is 13.5 Å². The molecule has 0 saturated carbocycles. The van der Waals surface area contributed by atoms with Gasteiger partial charge in [-0.25, -0.2) is 4.39 Å². The fourth-order valence-corrected chi connectivity index (χ4v) is 3.28. The van der Waals surface area contributed by atoms with Crippen LogP contribution in [0.5, 0.6) is 5.75 Å². The third kappa shape index (κ3) is 3.41. The highest BCUT2D eigenvalue weighted by Crippen LogP contribution is 2.36. The van der Waals surface area contributed by atoms with E-state index in [0.717, 1.165) is 16.4 Å². The van der Waals surface area contributed by atoms with Crippen LogP contribution in [0, 0.1) is 5.82 Å². The van der Waals surface area contributed by atoms with E-state index in [1.807, 2.05) is 36.4 Å². The molecule has 7 heteroatoms. The number of anilines is 2. The van der Waals surface area contributed by atoms with Gasteiger partial charge in [0, 0.05) is 22.5 Å². The molecule has 1 aromatic heterocycles. The predicted molar refractivity (Wildman–Crippen MR) is 112 cm³/mol. The SMILES string of the molecule is COc1cc2c(cc1NC(=S)Nc1ccc(F)c(Cl)c1)oc1ccccc12. The first-order valence-electron chi connectivity index (χ1n) is 8.07. The van der Waals surface area contributed by atoms with Gasteiger partial charge in [0.1, 0.15) is 22.7 Å². The molecule has 4 rings (SSSR count). The average Bonchev–Trinajstić information content (AvgIpc) is 3.01. The summed E-state index contributed by atoms with van der Waals surface area (Å²) in [6.07, 6.45) is 0. The summed E-state index contributed by atoms with van der Waals surface area (Å²) in [5.74, 6) is 0.133. The van der Waals surface area contributed by atoms with Crippen LogP contribution in [0.15, 0.2) is 59.0 Å². The standard InChI is InChI=1S/C20H14ClFN2O2S/c1-25-19-9-13-12-4-2-3-5-17(12)26-18(13)10-16(19)24-20(27)23-11-6-7-15(22)14(21)8-11/h2-10H,1H3,(H2,23,24,27). The van der Waals surface area contributed by atoms with Crippen LogP contribution in [0.25, 0.3) is 21.9 Å². The molecule has 0 unspecified atom stereocenters. The lowest BCUT2D eigenvalue weighted by Gasteiger charge is -2.14. The highest BCUT2D eigenvalue weighted by molar-refractivity contribution is 7.80. The van der Waals surface area contributed by atoms with Crippen molar-refractivity contribution in [2.45, 2.75) is 0 Å². The number of nitrogens with one attached hydrogen (secondary N) is 2. The van der Waals surface area contributed by atoms with Crippen LogP contribution in [0.4, 0.5) is 15.8 Å². The molecular formula is C20H14ClFN2O2S. The number of thiocarbonyl (C=S) groups is 1. The summed E-state index contributed by atoms with van der Waals surface area (Å²) in [4.78, 5) is 0. The van der Waals surface area contributed by atoms with E-state index in [9.17, 15) is 4.39 Å². The van der Waals surface area contributed by atoms with Crippen LogP contribution in [-0.4, -0.2) is 12.2 Å². The fourth-order valence-electron chi connectivity index (χ4n) is 2.88. The van der Waals surface area contributed by atoms with E-state index in [1.54, 1.807) is 13.2 Å². The maximum absolute atomic E-state index is 13.3. The van der Waals surface area contributed by atoms with Crippen molar-refractivity contribution in [1.82, 2.24) is 0 Å². The minimum Gasteiger partial charge on any atom is -0.495 e. The summed E-state index contributed by atoms with van der Waals surface area (Å²) in [5.41, 5.74) is 2.73. The van der Waals surface area contributed by atoms with Crippen LogP contribution >= 0.6 is 23.8 Å². The lowest BCUT2D eigenvalue weighted by atomic mass is 10.1. The molecular weight excluding hydrogens is 387 g/mol. The summed E-state index contributed by atoms with van der Waals surface area (Å²) in [6.45, 7) is 0. The third-order valence-corrected chi connectivity index (χ3v) is 4.62. The van der Waals surface area contributed by atoms with Gasteiger partial charge in [0.05, 0.1) is 17.8 Å². The number of fused-ring (bicyclic) bond motifs is 3.